The van der Waals surface area contributed by atoms with E-state index in [0.717, 1.165) is 0 Å². The number of benzene rings is 1. The number of aromatic hydroxyl groups is 1. The van der Waals surface area contributed by atoms with Gasteiger partial charge in [-0.15, -0.1) is 0 Å². The van der Waals surface area contributed by atoms with E-state index >= 15 is 0 Å². The number of nitrogens with zero attached hydrogens (tertiary/aromatic N) is 2. The fourth-order valence-corrected chi connectivity index (χ4v) is 1.60. The van der Waals surface area contributed by atoms with Crippen molar-refractivity contribution >= 4 is 16.6 Å². The molecule has 1 aromatic heterocycles. The Balaban J connectivity index is 2.96. The molecule has 0 aliphatic carbocycles. The summed E-state index contributed by atoms with van der Waals surface area (Å²) in [5.74, 6) is -0.0336. The second kappa shape index (κ2) is 3.20. The highest BCUT2D eigenvalue weighted by Crippen LogP contribution is 2.33. The minimum atomic E-state index is -0.460. The van der Waals surface area contributed by atoms with Crippen LogP contribution in [0.4, 0.5) is 5.69 Å². The van der Waals surface area contributed by atoms with E-state index in [0.29, 0.717) is 10.9 Å². The monoisotopic (exact) mass is 204 g/mol. The Kier molecular flexibility index (Phi) is 2.00. The van der Waals surface area contributed by atoms with Crippen LogP contribution in [0.15, 0.2) is 24.4 Å². The summed E-state index contributed by atoms with van der Waals surface area (Å²) in [5, 5.41) is 20.8. The van der Waals surface area contributed by atoms with Crippen LogP contribution in [0, 0.1) is 17.0 Å². The smallest absolute Gasteiger partial charge is 0.281 e. The van der Waals surface area contributed by atoms with E-state index in [4.69, 9.17) is 0 Å². The lowest BCUT2D eigenvalue weighted by atomic mass is 10.1. The highest BCUT2D eigenvalue weighted by molar-refractivity contribution is 5.93. The van der Waals surface area contributed by atoms with Crippen LogP contribution in [0.3, 0.4) is 0 Å². The summed E-state index contributed by atoms with van der Waals surface area (Å²) in [6.45, 7) is 1.59. The quantitative estimate of drug-likeness (QED) is 0.570. The van der Waals surface area contributed by atoms with Crippen LogP contribution >= 0.6 is 0 Å². The third-order valence-corrected chi connectivity index (χ3v) is 2.21. The van der Waals surface area contributed by atoms with Crippen molar-refractivity contribution < 1.29 is 10.0 Å². The molecule has 76 valence electrons. The lowest BCUT2D eigenvalue weighted by Crippen LogP contribution is -1.94. The normalized spacial score (nSPS) is 10.5. The van der Waals surface area contributed by atoms with Gasteiger partial charge in [0.15, 0.2) is 0 Å². The lowest BCUT2D eigenvalue weighted by Gasteiger charge is -2.03. The van der Waals surface area contributed by atoms with Gasteiger partial charge in [0, 0.05) is 11.8 Å². The Morgan fingerprint density at radius 2 is 2.27 bits per heavy atom. The first-order chi connectivity index (χ1) is 7.11. The molecule has 0 aliphatic heterocycles. The minimum Gasteiger partial charge on any atom is -0.506 e. The molecule has 1 aromatic carbocycles. The third-order valence-electron chi connectivity index (χ3n) is 2.21. The predicted molar refractivity (Wildman–Crippen MR) is 54.8 cm³/mol. The zero-order chi connectivity index (χ0) is 11.0. The molecule has 0 fully saturated rings. The molecule has 5 nitrogen and oxygen atoms in total. The number of aryl methyl sites for hydroxylation is 1. The van der Waals surface area contributed by atoms with Gasteiger partial charge < -0.3 is 5.11 Å². The first-order valence-corrected chi connectivity index (χ1v) is 4.33. The van der Waals surface area contributed by atoms with Crippen molar-refractivity contribution in [2.24, 2.45) is 0 Å². The van der Waals surface area contributed by atoms with Gasteiger partial charge in [0.2, 0.25) is 0 Å². The number of hydrogen-bond acceptors (Lipinski definition) is 4. The molecule has 0 saturated carbocycles. The van der Waals surface area contributed by atoms with Gasteiger partial charge in [0.1, 0.15) is 11.3 Å². The summed E-state index contributed by atoms with van der Waals surface area (Å²) in [5.41, 5.74) is 0.684. The van der Waals surface area contributed by atoms with Gasteiger partial charge in [-0.3, -0.25) is 15.1 Å². The second-order valence-corrected chi connectivity index (χ2v) is 3.22. The van der Waals surface area contributed by atoms with Crippen LogP contribution in [-0.2, 0) is 0 Å². The van der Waals surface area contributed by atoms with Crippen molar-refractivity contribution in [3.8, 4) is 5.75 Å². The summed E-state index contributed by atoms with van der Waals surface area (Å²) in [7, 11) is 0. The van der Waals surface area contributed by atoms with Crippen LogP contribution in [0.1, 0.15) is 5.56 Å². The van der Waals surface area contributed by atoms with E-state index in [1.165, 1.54) is 12.3 Å². The first kappa shape index (κ1) is 9.39. The summed E-state index contributed by atoms with van der Waals surface area (Å²) >= 11 is 0. The largest absolute Gasteiger partial charge is 0.506 e. The number of rotatable bonds is 1. The van der Waals surface area contributed by atoms with Gasteiger partial charge in [0.25, 0.3) is 5.69 Å². The Morgan fingerprint density at radius 1 is 1.53 bits per heavy atom. The number of fused-ring (bicyclic) bond motifs is 1. The van der Waals surface area contributed by atoms with Crippen molar-refractivity contribution in [2.75, 3.05) is 0 Å². The number of nitro groups is 1. The molecule has 0 amide bonds. The third kappa shape index (κ3) is 1.38. The van der Waals surface area contributed by atoms with Gasteiger partial charge >= 0.3 is 0 Å². The number of hydrogen-bond donors (Lipinski definition) is 1. The minimum absolute atomic E-state index is 0.00380. The maximum Gasteiger partial charge on any atom is 0.281 e. The van der Waals surface area contributed by atoms with Crippen molar-refractivity contribution in [3.63, 3.8) is 0 Å². The molecule has 15 heavy (non-hydrogen) atoms. The number of nitro benzene ring substituents is 1. The standard InChI is InChI=1S/C10H8N2O3/c1-6-5-8(13)9-7(3-2-4-11-9)10(6)12(14)15/h2-5,13H,1H3. The van der Waals surface area contributed by atoms with Crippen molar-refractivity contribution in [1.29, 1.82) is 0 Å². The molecule has 0 saturated heterocycles. The molecule has 1 N–H and O–H groups in total. The first-order valence-electron chi connectivity index (χ1n) is 4.33. The molecule has 0 bridgehead atoms. The van der Waals surface area contributed by atoms with Crippen LogP contribution in [0.2, 0.25) is 0 Å². The van der Waals surface area contributed by atoms with E-state index < -0.39 is 4.92 Å². The Morgan fingerprint density at radius 3 is 2.93 bits per heavy atom. The molecule has 2 aromatic rings. The summed E-state index contributed by atoms with van der Waals surface area (Å²) < 4.78 is 0. The predicted octanol–water partition coefficient (Wildman–Crippen LogP) is 2.16. The van der Waals surface area contributed by atoms with Gasteiger partial charge in [0.05, 0.1) is 10.3 Å². The average molecular weight is 204 g/mol. The zero-order valence-electron chi connectivity index (χ0n) is 7.97. The number of phenols is 1. The Labute approximate surface area is 85.1 Å². The number of phenolic OH excluding ortho intramolecular Hbond substituents is 1. The molecule has 2 rings (SSSR count). The van der Waals surface area contributed by atoms with Gasteiger partial charge in [-0.25, -0.2) is 0 Å². The Bertz CT molecular complexity index is 552. The second-order valence-electron chi connectivity index (χ2n) is 3.22. The molecule has 1 heterocycles. The van der Waals surface area contributed by atoms with Crippen molar-refractivity contribution in [3.05, 3.63) is 40.1 Å². The molecule has 0 atom stereocenters. The van der Waals surface area contributed by atoms with E-state index in [1.54, 1.807) is 19.1 Å². The van der Waals surface area contributed by atoms with E-state index in [1.807, 2.05) is 0 Å². The lowest BCUT2D eigenvalue weighted by molar-refractivity contribution is -0.383. The van der Waals surface area contributed by atoms with E-state index in [-0.39, 0.29) is 17.0 Å². The van der Waals surface area contributed by atoms with Crippen molar-refractivity contribution in [2.45, 2.75) is 6.92 Å². The SMILES string of the molecule is Cc1cc(O)c2ncccc2c1[N+](=O)[O-]. The molecule has 0 radical (unpaired) electrons. The molecule has 5 heteroatoms. The van der Waals surface area contributed by atoms with Gasteiger partial charge in [-0.05, 0) is 25.1 Å². The van der Waals surface area contributed by atoms with Crippen LogP contribution in [0.25, 0.3) is 10.9 Å². The van der Waals surface area contributed by atoms with Crippen molar-refractivity contribution in [1.82, 2.24) is 4.98 Å². The summed E-state index contributed by atoms with van der Waals surface area (Å²) in [6.07, 6.45) is 1.49. The van der Waals surface area contributed by atoms with Gasteiger partial charge in [-0.1, -0.05) is 0 Å². The highest BCUT2D eigenvalue weighted by Gasteiger charge is 2.18. The fraction of sp³-hybridized carbons (Fsp3) is 0.100. The van der Waals surface area contributed by atoms with E-state index in [9.17, 15) is 15.2 Å². The maximum atomic E-state index is 10.8. The van der Waals surface area contributed by atoms with Crippen LogP contribution in [0.5, 0.6) is 5.75 Å². The van der Waals surface area contributed by atoms with Crippen LogP contribution in [-0.4, -0.2) is 15.0 Å². The molecule has 0 spiro atoms. The molecule has 0 unspecified atom stereocenters. The fourth-order valence-electron chi connectivity index (χ4n) is 1.60. The zero-order valence-corrected chi connectivity index (χ0v) is 7.97. The molecular formula is C10H8N2O3. The van der Waals surface area contributed by atoms with Crippen LogP contribution < -0.4 is 0 Å². The average Bonchev–Trinajstić information content (AvgIpc) is 2.17. The Hall–Kier alpha value is -2.17. The summed E-state index contributed by atoms with van der Waals surface area (Å²) in [6, 6.07) is 4.54. The topological polar surface area (TPSA) is 76.3 Å². The molecule has 0 aliphatic rings. The number of pyridine rings is 1. The van der Waals surface area contributed by atoms with Gasteiger partial charge in [-0.2, -0.15) is 0 Å². The maximum absolute atomic E-state index is 10.8. The number of aromatic nitrogens is 1. The highest BCUT2D eigenvalue weighted by atomic mass is 16.6. The molecular weight excluding hydrogens is 196 g/mol. The van der Waals surface area contributed by atoms with E-state index in [2.05, 4.69) is 4.98 Å². The summed E-state index contributed by atoms with van der Waals surface area (Å²) in [4.78, 5) is 14.3.